The lowest BCUT2D eigenvalue weighted by Crippen LogP contribution is -2.52. The molecular formula is C11H17BrN2O2. The van der Waals surface area contributed by atoms with Crippen LogP contribution in [0, 0.1) is 0 Å². The zero-order valence-electron chi connectivity index (χ0n) is 9.55. The maximum absolute atomic E-state index is 12.0. The van der Waals surface area contributed by atoms with Gasteiger partial charge < -0.3 is 15.5 Å². The van der Waals surface area contributed by atoms with Gasteiger partial charge in [-0.3, -0.25) is 4.79 Å². The Morgan fingerprint density at radius 3 is 2.56 bits per heavy atom. The van der Waals surface area contributed by atoms with Crippen molar-refractivity contribution in [2.75, 3.05) is 6.54 Å². The van der Waals surface area contributed by atoms with Crippen molar-refractivity contribution in [2.45, 2.75) is 32.2 Å². The highest BCUT2D eigenvalue weighted by atomic mass is 79.9. The molecule has 1 aromatic rings. The summed E-state index contributed by atoms with van der Waals surface area (Å²) >= 11 is 3.18. The molecule has 1 rings (SSSR count). The summed E-state index contributed by atoms with van der Waals surface area (Å²) in [5, 5.41) is 2.97. The van der Waals surface area contributed by atoms with Crippen molar-refractivity contribution in [3.63, 3.8) is 0 Å². The van der Waals surface area contributed by atoms with E-state index in [-0.39, 0.29) is 11.4 Å². The first-order valence-electron chi connectivity index (χ1n) is 5.34. The summed E-state index contributed by atoms with van der Waals surface area (Å²) < 4.78 is 5.47. The van der Waals surface area contributed by atoms with Crippen molar-refractivity contribution in [2.24, 2.45) is 5.73 Å². The molecule has 0 radical (unpaired) electrons. The molecule has 1 aromatic heterocycles. The Hall–Kier alpha value is -0.810. The van der Waals surface area contributed by atoms with Crippen molar-refractivity contribution in [3.05, 3.63) is 22.6 Å². The Morgan fingerprint density at radius 1 is 1.56 bits per heavy atom. The first-order chi connectivity index (χ1) is 7.58. The van der Waals surface area contributed by atoms with Gasteiger partial charge >= 0.3 is 0 Å². The third-order valence-corrected chi connectivity index (χ3v) is 3.60. The van der Waals surface area contributed by atoms with E-state index < -0.39 is 0 Å². The van der Waals surface area contributed by atoms with Gasteiger partial charge in [-0.2, -0.15) is 0 Å². The Bertz CT molecular complexity index is 350. The van der Waals surface area contributed by atoms with Crippen LogP contribution in [-0.4, -0.2) is 18.0 Å². The van der Waals surface area contributed by atoms with Crippen LogP contribution in [0.1, 0.15) is 37.0 Å². The van der Waals surface area contributed by atoms with Gasteiger partial charge in [-0.25, -0.2) is 0 Å². The molecular weight excluding hydrogens is 272 g/mol. The van der Waals surface area contributed by atoms with Crippen molar-refractivity contribution < 1.29 is 9.21 Å². The average molecular weight is 289 g/mol. The largest absolute Gasteiger partial charge is 0.457 e. The van der Waals surface area contributed by atoms with E-state index >= 15 is 0 Å². The van der Waals surface area contributed by atoms with Crippen molar-refractivity contribution in [1.29, 1.82) is 0 Å². The standard InChI is InChI=1S/C11H17BrN2O2/c1-3-11(4-2,7-13)14-10(15)8-5-6-16-9(8)12/h5-6H,3-4,7,13H2,1-2H3,(H,14,15). The first-order valence-corrected chi connectivity index (χ1v) is 6.13. The zero-order valence-corrected chi connectivity index (χ0v) is 11.1. The fourth-order valence-corrected chi connectivity index (χ4v) is 1.95. The van der Waals surface area contributed by atoms with Gasteiger partial charge in [-0.05, 0) is 34.8 Å². The minimum absolute atomic E-state index is 0.158. The van der Waals surface area contributed by atoms with Crippen LogP contribution in [-0.2, 0) is 0 Å². The Labute approximate surface area is 104 Å². The fraction of sp³-hybridized carbons (Fsp3) is 0.545. The number of nitrogens with one attached hydrogen (secondary N) is 1. The summed E-state index contributed by atoms with van der Waals surface area (Å²) in [5.41, 5.74) is 5.89. The molecule has 0 unspecified atom stereocenters. The molecule has 1 heterocycles. The normalized spacial score (nSPS) is 11.5. The second-order valence-electron chi connectivity index (χ2n) is 3.75. The highest BCUT2D eigenvalue weighted by molar-refractivity contribution is 9.10. The molecule has 3 N–H and O–H groups in total. The molecule has 0 bridgehead atoms. The van der Waals surface area contributed by atoms with E-state index in [4.69, 9.17) is 10.2 Å². The average Bonchev–Trinajstić information content (AvgIpc) is 2.72. The SMILES string of the molecule is CCC(CC)(CN)NC(=O)c1ccoc1Br. The summed E-state index contributed by atoms with van der Waals surface area (Å²) in [4.78, 5) is 12.0. The number of halogens is 1. The van der Waals surface area contributed by atoms with E-state index in [1.807, 2.05) is 13.8 Å². The topological polar surface area (TPSA) is 68.3 Å². The molecule has 0 saturated heterocycles. The highest BCUT2D eigenvalue weighted by Gasteiger charge is 2.27. The molecule has 0 saturated carbocycles. The summed E-state index contributed by atoms with van der Waals surface area (Å²) in [5.74, 6) is -0.158. The maximum atomic E-state index is 12.0. The molecule has 0 aliphatic rings. The number of hydrogen-bond acceptors (Lipinski definition) is 3. The molecule has 16 heavy (non-hydrogen) atoms. The number of furan rings is 1. The number of carbonyl (C=O) groups excluding carboxylic acids is 1. The number of nitrogens with two attached hydrogens (primary N) is 1. The Balaban J connectivity index is 2.81. The lowest BCUT2D eigenvalue weighted by Gasteiger charge is -2.31. The number of amides is 1. The molecule has 0 atom stereocenters. The lowest BCUT2D eigenvalue weighted by molar-refractivity contribution is 0.0893. The molecule has 1 amide bonds. The van der Waals surface area contributed by atoms with E-state index in [1.54, 1.807) is 6.07 Å². The number of hydrogen-bond donors (Lipinski definition) is 2. The van der Waals surface area contributed by atoms with E-state index in [2.05, 4.69) is 21.2 Å². The number of carbonyl (C=O) groups is 1. The van der Waals surface area contributed by atoms with Crippen molar-refractivity contribution in [1.82, 2.24) is 5.32 Å². The van der Waals surface area contributed by atoms with Gasteiger partial charge in [0.1, 0.15) is 0 Å². The van der Waals surface area contributed by atoms with Gasteiger partial charge in [0.2, 0.25) is 0 Å². The van der Waals surface area contributed by atoms with Crippen LogP contribution in [0.4, 0.5) is 0 Å². The molecule has 5 heteroatoms. The van der Waals surface area contributed by atoms with Crippen LogP contribution in [0.2, 0.25) is 0 Å². The monoisotopic (exact) mass is 288 g/mol. The molecule has 0 spiro atoms. The minimum Gasteiger partial charge on any atom is -0.457 e. The predicted octanol–water partition coefficient (Wildman–Crippen LogP) is 2.29. The highest BCUT2D eigenvalue weighted by Crippen LogP contribution is 2.20. The lowest BCUT2D eigenvalue weighted by atomic mass is 9.92. The van der Waals surface area contributed by atoms with Crippen LogP contribution in [0.5, 0.6) is 0 Å². The van der Waals surface area contributed by atoms with Gasteiger partial charge in [0.05, 0.1) is 17.4 Å². The fourth-order valence-electron chi connectivity index (χ4n) is 1.53. The molecule has 0 aliphatic heterocycles. The molecule has 0 aliphatic carbocycles. The van der Waals surface area contributed by atoms with Gasteiger partial charge in [0.15, 0.2) is 4.67 Å². The Morgan fingerprint density at radius 2 is 2.19 bits per heavy atom. The molecule has 4 nitrogen and oxygen atoms in total. The number of rotatable bonds is 5. The van der Waals surface area contributed by atoms with Gasteiger partial charge in [0, 0.05) is 6.54 Å². The molecule has 0 fully saturated rings. The minimum atomic E-state index is -0.326. The quantitative estimate of drug-likeness (QED) is 0.873. The predicted molar refractivity (Wildman–Crippen MR) is 66.2 cm³/mol. The van der Waals surface area contributed by atoms with E-state index in [0.29, 0.717) is 16.8 Å². The van der Waals surface area contributed by atoms with Gasteiger partial charge in [-0.15, -0.1) is 0 Å². The van der Waals surface area contributed by atoms with Gasteiger partial charge in [-0.1, -0.05) is 13.8 Å². The zero-order chi connectivity index (χ0) is 12.2. The van der Waals surface area contributed by atoms with E-state index in [1.165, 1.54) is 6.26 Å². The molecule has 0 aromatic carbocycles. The van der Waals surface area contributed by atoms with Crippen molar-refractivity contribution >= 4 is 21.8 Å². The first kappa shape index (κ1) is 13.3. The summed E-state index contributed by atoms with van der Waals surface area (Å²) in [6.07, 6.45) is 3.09. The second kappa shape index (κ2) is 5.50. The van der Waals surface area contributed by atoms with E-state index in [9.17, 15) is 4.79 Å². The summed E-state index contributed by atoms with van der Waals surface area (Å²) in [7, 11) is 0. The van der Waals surface area contributed by atoms with Crippen LogP contribution < -0.4 is 11.1 Å². The van der Waals surface area contributed by atoms with Gasteiger partial charge in [0.25, 0.3) is 5.91 Å². The second-order valence-corrected chi connectivity index (χ2v) is 4.47. The van der Waals surface area contributed by atoms with Crippen molar-refractivity contribution in [3.8, 4) is 0 Å². The molecule has 90 valence electrons. The summed E-state index contributed by atoms with van der Waals surface area (Å²) in [6, 6.07) is 1.63. The third kappa shape index (κ3) is 2.65. The smallest absolute Gasteiger partial charge is 0.256 e. The van der Waals surface area contributed by atoms with Crippen LogP contribution >= 0.6 is 15.9 Å². The van der Waals surface area contributed by atoms with Crippen LogP contribution in [0.25, 0.3) is 0 Å². The third-order valence-electron chi connectivity index (χ3n) is 2.99. The maximum Gasteiger partial charge on any atom is 0.256 e. The summed E-state index contributed by atoms with van der Waals surface area (Å²) in [6.45, 7) is 4.46. The van der Waals surface area contributed by atoms with E-state index in [0.717, 1.165) is 12.8 Å². The Kier molecular flexibility index (Phi) is 4.56. The van der Waals surface area contributed by atoms with Crippen LogP contribution in [0.15, 0.2) is 21.4 Å². The van der Waals surface area contributed by atoms with Crippen LogP contribution in [0.3, 0.4) is 0 Å².